The molecule has 7 rings (SSSR count). The number of rotatable bonds is 9. The van der Waals surface area contributed by atoms with Crippen molar-refractivity contribution in [1.29, 1.82) is 0 Å². The van der Waals surface area contributed by atoms with Crippen molar-refractivity contribution in [3.05, 3.63) is 120 Å². The number of hydrogen-bond acceptors (Lipinski definition) is 9. The van der Waals surface area contributed by atoms with Crippen LogP contribution < -0.4 is 33.1 Å². The Labute approximate surface area is 315 Å². The van der Waals surface area contributed by atoms with E-state index in [0.717, 1.165) is 39.9 Å². The SMILES string of the molecule is Cc1ccccc1NC(=O)Cn1cnc2c1c(=O)n(C)c(=O)n2C.Cn1c(=O)c2c(ncn2CC(=O)NC(CN2CCCCC2)c2ccccc2)n(C)c1=O. The third kappa shape index (κ3) is 8.11. The number of nitrogens with one attached hydrogen (secondary N) is 2. The molecule has 1 atom stereocenters. The predicted octanol–water partition coefficient (Wildman–Crippen LogP) is 1.16. The number of nitrogens with zero attached hydrogens (tertiary/aromatic N) is 9. The second-order valence-electron chi connectivity index (χ2n) is 13.8. The van der Waals surface area contributed by atoms with Crippen LogP contribution in [0.15, 0.2) is 86.4 Å². The molecule has 2 aromatic carbocycles. The van der Waals surface area contributed by atoms with E-state index in [4.69, 9.17) is 0 Å². The van der Waals surface area contributed by atoms with Gasteiger partial charge >= 0.3 is 11.4 Å². The summed E-state index contributed by atoms with van der Waals surface area (Å²) in [6.45, 7) is 4.60. The highest BCUT2D eigenvalue weighted by Crippen LogP contribution is 2.18. The number of piperidine rings is 1. The molecule has 1 saturated heterocycles. The molecule has 0 spiro atoms. The van der Waals surface area contributed by atoms with Crippen molar-refractivity contribution >= 4 is 39.8 Å². The molecule has 0 bridgehead atoms. The Balaban J connectivity index is 0.000000193. The minimum atomic E-state index is -0.478. The van der Waals surface area contributed by atoms with Gasteiger partial charge in [0.1, 0.15) is 13.1 Å². The van der Waals surface area contributed by atoms with Crippen molar-refractivity contribution in [3.8, 4) is 0 Å². The summed E-state index contributed by atoms with van der Waals surface area (Å²) in [6, 6.07) is 17.2. The lowest BCUT2D eigenvalue weighted by atomic mass is 10.0. The van der Waals surface area contributed by atoms with Gasteiger partial charge in [-0.3, -0.25) is 37.4 Å². The molecule has 5 heterocycles. The predicted molar refractivity (Wildman–Crippen MR) is 208 cm³/mol. The molecule has 0 radical (unpaired) electrons. The molecular weight excluding hydrogens is 706 g/mol. The summed E-state index contributed by atoms with van der Waals surface area (Å²) < 4.78 is 7.59. The molecule has 1 aliphatic heterocycles. The first-order valence-electron chi connectivity index (χ1n) is 18.0. The highest BCUT2D eigenvalue weighted by Gasteiger charge is 2.22. The van der Waals surface area contributed by atoms with Crippen molar-refractivity contribution in [2.75, 3.05) is 25.0 Å². The van der Waals surface area contributed by atoms with Gasteiger partial charge in [0, 0.05) is 40.4 Å². The van der Waals surface area contributed by atoms with E-state index in [1.54, 1.807) is 7.05 Å². The summed E-state index contributed by atoms with van der Waals surface area (Å²) in [5.74, 6) is -0.486. The van der Waals surface area contributed by atoms with E-state index in [1.165, 1.54) is 71.3 Å². The zero-order chi connectivity index (χ0) is 39.4. The van der Waals surface area contributed by atoms with Gasteiger partial charge in [0.05, 0.1) is 18.7 Å². The first kappa shape index (κ1) is 38.4. The van der Waals surface area contributed by atoms with Crippen LogP contribution in [0.1, 0.15) is 36.4 Å². The maximum atomic E-state index is 13.0. The van der Waals surface area contributed by atoms with Gasteiger partial charge in [-0.25, -0.2) is 19.6 Å². The molecule has 6 aromatic rings. The topological polar surface area (TPSA) is 185 Å². The number of imidazole rings is 2. The number of amides is 2. The normalized spacial score (nSPS) is 13.7. The van der Waals surface area contributed by atoms with Crippen LogP contribution in [0.5, 0.6) is 0 Å². The summed E-state index contributed by atoms with van der Waals surface area (Å²) in [5.41, 5.74) is 1.86. The lowest BCUT2D eigenvalue weighted by Gasteiger charge is -2.31. The maximum Gasteiger partial charge on any atom is 0.332 e. The van der Waals surface area contributed by atoms with Crippen LogP contribution in [0.4, 0.5) is 5.69 Å². The zero-order valence-corrected chi connectivity index (χ0v) is 31.6. The standard InChI is InChI=1S/C22H28N6O3.C16H17N5O3/c1-25-20-19(21(30)26(2)22(25)31)28(15-23-20)14-18(29)24-17(16-9-5-3-6-10-16)13-27-11-7-4-8-12-27;1-10-6-4-5-7-11(10)18-12(22)8-21-9-17-14-13(21)15(23)20(3)16(24)19(14)2/h3,5-6,9-10,15,17H,4,7-8,11-14H2,1-2H3,(H,24,29);4-7,9H,8H2,1-3H3,(H,18,22). The maximum absolute atomic E-state index is 13.0. The molecule has 0 aliphatic carbocycles. The van der Waals surface area contributed by atoms with Gasteiger partial charge in [0.25, 0.3) is 11.1 Å². The van der Waals surface area contributed by atoms with Crippen molar-refractivity contribution in [1.82, 2.24) is 47.6 Å². The first-order chi connectivity index (χ1) is 26.3. The number of anilines is 1. The lowest BCUT2D eigenvalue weighted by molar-refractivity contribution is -0.122. The van der Waals surface area contributed by atoms with Crippen LogP contribution in [0.25, 0.3) is 22.3 Å². The second kappa shape index (κ2) is 16.3. The highest BCUT2D eigenvalue weighted by molar-refractivity contribution is 5.92. The fourth-order valence-corrected chi connectivity index (χ4v) is 6.81. The molecule has 1 fully saturated rings. The van der Waals surface area contributed by atoms with Gasteiger partial charge in [0.2, 0.25) is 11.8 Å². The monoisotopic (exact) mass is 751 g/mol. The Morgan fingerprint density at radius 2 is 1.18 bits per heavy atom. The third-order valence-corrected chi connectivity index (χ3v) is 9.91. The number of aryl methyl sites for hydroxylation is 3. The third-order valence-electron chi connectivity index (χ3n) is 9.91. The smallest absolute Gasteiger partial charge is 0.332 e. The highest BCUT2D eigenvalue weighted by atomic mass is 16.2. The molecule has 288 valence electrons. The van der Waals surface area contributed by atoms with Gasteiger partial charge in [-0.2, -0.15) is 0 Å². The Hall–Kier alpha value is -6.36. The first-order valence-corrected chi connectivity index (χ1v) is 18.0. The van der Waals surface area contributed by atoms with Crippen molar-refractivity contribution in [3.63, 3.8) is 0 Å². The van der Waals surface area contributed by atoms with Crippen LogP contribution in [0, 0.1) is 6.92 Å². The average molecular weight is 752 g/mol. The number of fused-ring (bicyclic) bond motifs is 2. The number of carbonyl (C=O) groups is 2. The van der Waals surface area contributed by atoms with E-state index in [2.05, 4.69) is 25.5 Å². The Morgan fingerprint density at radius 1 is 0.673 bits per heavy atom. The number of carbonyl (C=O) groups excluding carboxylic acids is 2. The number of hydrogen-bond donors (Lipinski definition) is 2. The number of likely N-dealkylation sites (tertiary alicyclic amines) is 1. The van der Waals surface area contributed by atoms with Gasteiger partial charge in [-0.1, -0.05) is 55.0 Å². The van der Waals surface area contributed by atoms with E-state index in [9.17, 15) is 28.8 Å². The number of para-hydroxylation sites is 1. The Bertz CT molecular complexity index is 2610. The van der Waals surface area contributed by atoms with E-state index in [1.807, 2.05) is 61.5 Å². The van der Waals surface area contributed by atoms with Crippen molar-refractivity contribution in [2.45, 2.75) is 45.3 Å². The van der Waals surface area contributed by atoms with Gasteiger partial charge in [-0.15, -0.1) is 0 Å². The van der Waals surface area contributed by atoms with Crippen LogP contribution >= 0.6 is 0 Å². The van der Waals surface area contributed by atoms with Gasteiger partial charge < -0.3 is 24.7 Å². The van der Waals surface area contributed by atoms with Crippen LogP contribution in [-0.4, -0.2) is 73.7 Å². The van der Waals surface area contributed by atoms with Crippen LogP contribution in [0.3, 0.4) is 0 Å². The Morgan fingerprint density at radius 3 is 1.73 bits per heavy atom. The summed E-state index contributed by atoms with van der Waals surface area (Å²) in [7, 11) is 5.92. The molecule has 1 aliphatic rings. The minimum Gasteiger partial charge on any atom is -0.346 e. The molecular formula is C38H45N11O6. The van der Waals surface area contributed by atoms with Gasteiger partial charge in [-0.05, 0) is 50.0 Å². The fourth-order valence-electron chi connectivity index (χ4n) is 6.81. The Kier molecular flexibility index (Phi) is 11.4. The largest absolute Gasteiger partial charge is 0.346 e. The van der Waals surface area contributed by atoms with Crippen LogP contribution in [-0.2, 0) is 50.9 Å². The molecule has 0 saturated carbocycles. The van der Waals surface area contributed by atoms with E-state index in [0.29, 0.717) is 5.69 Å². The van der Waals surface area contributed by atoms with Crippen molar-refractivity contribution in [2.24, 2.45) is 28.2 Å². The minimum absolute atomic E-state index is 0.0483. The molecule has 1 unspecified atom stereocenters. The summed E-state index contributed by atoms with van der Waals surface area (Å²) in [5, 5.41) is 5.95. The van der Waals surface area contributed by atoms with Crippen LogP contribution in [0.2, 0.25) is 0 Å². The molecule has 17 heteroatoms. The second-order valence-corrected chi connectivity index (χ2v) is 13.8. The van der Waals surface area contributed by atoms with E-state index >= 15 is 0 Å². The molecule has 2 N–H and O–H groups in total. The zero-order valence-electron chi connectivity index (χ0n) is 31.6. The van der Waals surface area contributed by atoms with Crippen molar-refractivity contribution < 1.29 is 9.59 Å². The quantitative estimate of drug-likeness (QED) is 0.219. The molecule has 55 heavy (non-hydrogen) atoms. The lowest BCUT2D eigenvalue weighted by Crippen LogP contribution is -2.41. The summed E-state index contributed by atoms with van der Waals surface area (Å²) in [4.78, 5) is 84.9. The summed E-state index contributed by atoms with van der Waals surface area (Å²) in [6.07, 6.45) is 6.44. The molecule has 2 amide bonds. The van der Waals surface area contributed by atoms with E-state index in [-0.39, 0.29) is 53.3 Å². The molecule has 4 aromatic heterocycles. The summed E-state index contributed by atoms with van der Waals surface area (Å²) >= 11 is 0. The average Bonchev–Trinajstić information content (AvgIpc) is 3.80. The number of benzene rings is 2. The molecule has 17 nitrogen and oxygen atoms in total. The fraction of sp³-hybridized carbons (Fsp3) is 0.368. The number of aromatic nitrogens is 8. The van der Waals surface area contributed by atoms with E-state index < -0.39 is 22.5 Å². The van der Waals surface area contributed by atoms with Gasteiger partial charge in [0.15, 0.2) is 22.3 Å².